The molecule has 1 N–H and O–H groups in total. The first-order valence-electron chi connectivity index (χ1n) is 12.5. The molecule has 1 saturated heterocycles. The lowest BCUT2D eigenvalue weighted by Gasteiger charge is -2.32. The molecule has 6 nitrogen and oxygen atoms in total. The lowest BCUT2D eigenvalue weighted by atomic mass is 10.1. The molecule has 1 amide bonds. The fourth-order valence-corrected chi connectivity index (χ4v) is 4.89. The monoisotopic (exact) mass is 485 g/mol. The van der Waals surface area contributed by atoms with Gasteiger partial charge in [-0.1, -0.05) is 30.3 Å². The zero-order valence-electron chi connectivity index (χ0n) is 20.9. The molecule has 1 aliphatic heterocycles. The molecular weight excluding hydrogens is 453 g/mol. The van der Waals surface area contributed by atoms with Gasteiger partial charge in [0.1, 0.15) is 5.82 Å². The summed E-state index contributed by atoms with van der Waals surface area (Å²) >= 11 is 0. The molecule has 36 heavy (non-hydrogen) atoms. The van der Waals surface area contributed by atoms with Gasteiger partial charge in [0.15, 0.2) is 0 Å². The summed E-state index contributed by atoms with van der Waals surface area (Å²) in [4.78, 5) is 21.4. The Morgan fingerprint density at radius 1 is 0.972 bits per heavy atom. The number of halogens is 1. The lowest BCUT2D eigenvalue weighted by Crippen LogP contribution is -2.44. The average Bonchev–Trinajstić information content (AvgIpc) is 3.23. The minimum absolute atomic E-state index is 0.241. The lowest BCUT2D eigenvalue weighted by molar-refractivity contribution is -0.114. The molecule has 0 saturated carbocycles. The average molecular weight is 486 g/mol. The summed E-state index contributed by atoms with van der Waals surface area (Å²) in [5.74, 6) is -0.655. The molecule has 2 aromatic heterocycles. The number of likely N-dealkylation sites (N-methyl/N-ethyl adjacent to an activating group) is 1. The van der Waals surface area contributed by atoms with Gasteiger partial charge < -0.3 is 19.7 Å². The molecule has 0 bridgehead atoms. The van der Waals surface area contributed by atoms with E-state index in [9.17, 15) is 9.18 Å². The molecule has 3 heterocycles. The Hall–Kier alpha value is -3.55. The number of carbonyl (C=O) groups excluding carboxylic acids is 1. The number of piperazine rings is 1. The minimum Gasteiger partial charge on any atom is -0.345 e. The van der Waals surface area contributed by atoms with E-state index in [4.69, 9.17) is 4.98 Å². The number of aryl methyl sites for hydroxylation is 1. The molecule has 0 spiro atoms. The highest BCUT2D eigenvalue weighted by Gasteiger charge is 2.16. The van der Waals surface area contributed by atoms with Gasteiger partial charge in [0.2, 0.25) is 5.91 Å². The van der Waals surface area contributed by atoms with Crippen molar-refractivity contribution in [3.8, 4) is 22.4 Å². The first-order valence-corrected chi connectivity index (χ1v) is 12.5. The number of pyridine rings is 1. The van der Waals surface area contributed by atoms with Crippen LogP contribution in [-0.4, -0.2) is 65.0 Å². The highest BCUT2D eigenvalue weighted by molar-refractivity contribution is 5.94. The van der Waals surface area contributed by atoms with E-state index in [-0.39, 0.29) is 5.91 Å². The third kappa shape index (κ3) is 5.48. The number of fused-ring (bicyclic) bond motifs is 1. The molecule has 4 aromatic rings. The molecule has 0 atom stereocenters. The predicted molar refractivity (Wildman–Crippen MR) is 143 cm³/mol. The maximum atomic E-state index is 14.4. The van der Waals surface area contributed by atoms with E-state index in [0.717, 1.165) is 67.8 Å². The van der Waals surface area contributed by atoms with Crippen molar-refractivity contribution in [1.29, 1.82) is 0 Å². The van der Waals surface area contributed by atoms with Crippen LogP contribution in [0.1, 0.15) is 13.3 Å². The fourth-order valence-electron chi connectivity index (χ4n) is 4.89. The Kier molecular flexibility index (Phi) is 7.11. The number of hydrogen-bond acceptors (Lipinski definition) is 4. The van der Waals surface area contributed by atoms with Crippen molar-refractivity contribution in [2.45, 2.75) is 19.9 Å². The number of nitrogens with zero attached hydrogens (tertiary/aromatic N) is 4. The van der Waals surface area contributed by atoms with Crippen LogP contribution in [0.2, 0.25) is 0 Å². The largest absolute Gasteiger partial charge is 0.345 e. The fraction of sp³-hybridized carbons (Fsp3) is 0.310. The molecule has 2 aromatic carbocycles. The van der Waals surface area contributed by atoms with E-state index in [1.165, 1.54) is 19.1 Å². The van der Waals surface area contributed by atoms with Crippen LogP contribution in [0, 0.1) is 5.82 Å². The van der Waals surface area contributed by atoms with Crippen molar-refractivity contribution >= 4 is 22.6 Å². The van der Waals surface area contributed by atoms with Crippen molar-refractivity contribution in [2.75, 3.05) is 45.1 Å². The smallest absolute Gasteiger partial charge is 0.221 e. The summed E-state index contributed by atoms with van der Waals surface area (Å²) < 4.78 is 16.6. The summed E-state index contributed by atoms with van der Waals surface area (Å²) in [5.41, 5.74) is 5.83. The summed E-state index contributed by atoms with van der Waals surface area (Å²) in [6, 6.07) is 18.8. The van der Waals surface area contributed by atoms with Crippen LogP contribution in [0.4, 0.5) is 10.1 Å². The van der Waals surface area contributed by atoms with Gasteiger partial charge in [0.05, 0.1) is 16.7 Å². The van der Waals surface area contributed by atoms with Crippen molar-refractivity contribution in [3.05, 3.63) is 72.7 Å². The standard InChI is InChI=1S/C29H32FN5O/c1-21(36)31-25-18-23(17-24(30)19-25)27-9-10-28-29(32-27)26(22-7-4-3-5-8-22)20-35(28)12-6-11-34-15-13-33(2)14-16-34/h3-5,7-10,17-20H,6,11-16H2,1-2H3,(H,31,36). The van der Waals surface area contributed by atoms with E-state index >= 15 is 0 Å². The van der Waals surface area contributed by atoms with Gasteiger partial charge in [0, 0.05) is 62.7 Å². The molecular formula is C29H32FN5O. The number of benzene rings is 2. The molecule has 0 radical (unpaired) electrons. The molecule has 1 fully saturated rings. The number of rotatable bonds is 7. The van der Waals surface area contributed by atoms with Crippen LogP contribution in [0.3, 0.4) is 0 Å². The van der Waals surface area contributed by atoms with Crippen LogP contribution in [0.15, 0.2) is 66.9 Å². The van der Waals surface area contributed by atoms with Crippen LogP contribution in [-0.2, 0) is 11.3 Å². The number of hydrogen-bond donors (Lipinski definition) is 1. The van der Waals surface area contributed by atoms with Gasteiger partial charge in [-0.05, 0) is 55.9 Å². The topological polar surface area (TPSA) is 53.4 Å². The summed E-state index contributed by atoms with van der Waals surface area (Å²) in [6.07, 6.45) is 3.25. The van der Waals surface area contributed by atoms with Crippen molar-refractivity contribution in [3.63, 3.8) is 0 Å². The van der Waals surface area contributed by atoms with E-state index in [1.807, 2.05) is 24.3 Å². The second kappa shape index (κ2) is 10.6. The number of aromatic nitrogens is 2. The molecule has 186 valence electrons. The predicted octanol–water partition coefficient (Wildman–Crippen LogP) is 5.11. The summed E-state index contributed by atoms with van der Waals surface area (Å²) in [5, 5.41) is 2.67. The molecule has 1 aliphatic rings. The van der Waals surface area contributed by atoms with Crippen molar-refractivity contribution in [2.24, 2.45) is 0 Å². The highest BCUT2D eigenvalue weighted by atomic mass is 19.1. The first kappa shape index (κ1) is 24.2. The van der Waals surface area contributed by atoms with Gasteiger partial charge in [0.25, 0.3) is 0 Å². The first-order chi connectivity index (χ1) is 17.5. The van der Waals surface area contributed by atoms with Gasteiger partial charge in [-0.3, -0.25) is 4.79 Å². The second-order valence-electron chi connectivity index (χ2n) is 9.57. The van der Waals surface area contributed by atoms with E-state index in [0.29, 0.717) is 16.9 Å². The Labute approximate surface area is 211 Å². The van der Waals surface area contributed by atoms with E-state index in [2.05, 4.69) is 51.1 Å². The molecule has 5 rings (SSSR count). The SMILES string of the molecule is CC(=O)Nc1cc(F)cc(-c2ccc3c(n2)c(-c2ccccc2)cn3CCCN2CCN(C)CC2)c1. The van der Waals surface area contributed by atoms with Crippen LogP contribution in [0.25, 0.3) is 33.4 Å². The van der Waals surface area contributed by atoms with Gasteiger partial charge in [-0.25, -0.2) is 9.37 Å². The second-order valence-corrected chi connectivity index (χ2v) is 9.57. The maximum Gasteiger partial charge on any atom is 0.221 e. The van der Waals surface area contributed by atoms with Gasteiger partial charge >= 0.3 is 0 Å². The normalized spacial score (nSPS) is 14.9. The van der Waals surface area contributed by atoms with Gasteiger partial charge in [-0.15, -0.1) is 0 Å². The Bertz CT molecular complexity index is 1360. The Balaban J connectivity index is 1.47. The molecule has 0 aliphatic carbocycles. The third-order valence-corrected chi connectivity index (χ3v) is 6.79. The quantitative estimate of drug-likeness (QED) is 0.396. The number of nitrogens with one attached hydrogen (secondary N) is 1. The minimum atomic E-state index is -0.414. The maximum absolute atomic E-state index is 14.4. The number of amides is 1. The number of anilines is 1. The Morgan fingerprint density at radius 2 is 1.75 bits per heavy atom. The molecule has 7 heteroatoms. The number of carbonyl (C=O) groups is 1. The van der Waals surface area contributed by atoms with Gasteiger partial charge in [-0.2, -0.15) is 0 Å². The van der Waals surface area contributed by atoms with Crippen molar-refractivity contribution in [1.82, 2.24) is 19.4 Å². The van der Waals surface area contributed by atoms with Crippen LogP contribution >= 0.6 is 0 Å². The van der Waals surface area contributed by atoms with E-state index in [1.54, 1.807) is 6.07 Å². The Morgan fingerprint density at radius 3 is 2.50 bits per heavy atom. The highest BCUT2D eigenvalue weighted by Crippen LogP contribution is 2.32. The van der Waals surface area contributed by atoms with Crippen LogP contribution in [0.5, 0.6) is 0 Å². The zero-order chi connectivity index (χ0) is 25.1. The van der Waals surface area contributed by atoms with E-state index < -0.39 is 5.82 Å². The summed E-state index contributed by atoms with van der Waals surface area (Å²) in [6.45, 7) is 7.89. The van der Waals surface area contributed by atoms with Crippen LogP contribution < -0.4 is 5.32 Å². The molecule has 0 unspecified atom stereocenters. The van der Waals surface area contributed by atoms with Crippen molar-refractivity contribution < 1.29 is 9.18 Å². The summed E-state index contributed by atoms with van der Waals surface area (Å²) in [7, 11) is 2.18. The zero-order valence-corrected chi connectivity index (χ0v) is 20.9. The third-order valence-electron chi connectivity index (χ3n) is 6.79.